The van der Waals surface area contributed by atoms with Gasteiger partial charge in [-0.1, -0.05) is 54.6 Å². The van der Waals surface area contributed by atoms with E-state index < -0.39 is 0 Å². The summed E-state index contributed by atoms with van der Waals surface area (Å²) in [7, 11) is 1.31. The molecule has 0 saturated carbocycles. The largest absolute Gasteiger partial charge is 0.471 e. The monoisotopic (exact) mass is 283 g/mol. The lowest BCUT2D eigenvalue weighted by Crippen LogP contribution is -2.29. The zero-order valence-electron chi connectivity index (χ0n) is 12.4. The summed E-state index contributed by atoms with van der Waals surface area (Å²) in [5, 5.41) is 0. The summed E-state index contributed by atoms with van der Waals surface area (Å²) in [5.74, 6) is 0. The second-order valence-electron chi connectivity index (χ2n) is 5.05. The molecular formula is C18H21NO2. The van der Waals surface area contributed by atoms with Gasteiger partial charge in [0, 0.05) is 19.6 Å². The number of methoxy groups -OCH3 is 1. The summed E-state index contributed by atoms with van der Waals surface area (Å²) in [6.07, 6.45) is 1.18. The third-order valence-electron chi connectivity index (χ3n) is 3.55. The van der Waals surface area contributed by atoms with Crippen molar-refractivity contribution >= 4 is 6.47 Å². The second kappa shape index (κ2) is 8.22. The van der Waals surface area contributed by atoms with E-state index in [0.717, 1.165) is 13.1 Å². The highest BCUT2D eigenvalue weighted by Crippen LogP contribution is 2.19. The van der Waals surface area contributed by atoms with E-state index in [0.29, 0.717) is 6.47 Å². The van der Waals surface area contributed by atoms with Gasteiger partial charge in [-0.3, -0.25) is 9.69 Å². The van der Waals surface area contributed by atoms with Gasteiger partial charge in [0.2, 0.25) is 0 Å². The molecule has 1 aliphatic rings. The van der Waals surface area contributed by atoms with Crippen LogP contribution in [0.25, 0.3) is 0 Å². The van der Waals surface area contributed by atoms with Gasteiger partial charge < -0.3 is 4.74 Å². The highest BCUT2D eigenvalue weighted by Gasteiger charge is 2.15. The lowest BCUT2D eigenvalue weighted by molar-refractivity contribution is -0.126. The van der Waals surface area contributed by atoms with E-state index in [-0.39, 0.29) is 0 Å². The number of benzene rings is 2. The van der Waals surface area contributed by atoms with Crippen molar-refractivity contribution in [2.75, 3.05) is 13.7 Å². The molecule has 3 nitrogen and oxygen atoms in total. The van der Waals surface area contributed by atoms with Crippen LogP contribution >= 0.6 is 0 Å². The molecular weight excluding hydrogens is 262 g/mol. The summed E-state index contributed by atoms with van der Waals surface area (Å²) in [6, 6.07) is 19.5. The molecule has 2 aromatic carbocycles. The quantitative estimate of drug-likeness (QED) is 0.811. The molecule has 2 aromatic rings. The molecule has 0 atom stereocenters. The minimum absolute atomic E-state index is 0.375. The Kier molecular flexibility index (Phi) is 5.98. The Morgan fingerprint density at radius 1 is 1.05 bits per heavy atom. The summed E-state index contributed by atoms with van der Waals surface area (Å²) in [6.45, 7) is 3.70. The van der Waals surface area contributed by atoms with Crippen LogP contribution in [0.15, 0.2) is 54.6 Å². The van der Waals surface area contributed by atoms with E-state index in [1.54, 1.807) is 0 Å². The van der Waals surface area contributed by atoms with Crippen molar-refractivity contribution in [3.63, 3.8) is 0 Å². The standard InChI is InChI=1S/C16H17N.C2H4O2/c1-2-6-14(7-3-1)12-17-11-10-15-8-4-5-9-16(15)13-17;1-4-2-3/h1-9H,10-13H2;2H,1H3. The Labute approximate surface area is 126 Å². The first-order valence-corrected chi connectivity index (χ1v) is 7.13. The molecule has 0 bridgehead atoms. The fourth-order valence-electron chi connectivity index (χ4n) is 2.53. The molecule has 0 spiro atoms. The van der Waals surface area contributed by atoms with Crippen molar-refractivity contribution in [3.8, 4) is 0 Å². The highest BCUT2D eigenvalue weighted by molar-refractivity contribution is 5.36. The number of fused-ring (bicyclic) bond motifs is 1. The maximum atomic E-state index is 8.95. The van der Waals surface area contributed by atoms with E-state index in [4.69, 9.17) is 4.79 Å². The predicted octanol–water partition coefficient (Wildman–Crippen LogP) is 3.03. The molecule has 3 rings (SSSR count). The summed E-state index contributed by atoms with van der Waals surface area (Å²) in [5.41, 5.74) is 4.43. The molecule has 0 N–H and O–H groups in total. The zero-order chi connectivity index (χ0) is 14.9. The molecule has 0 amide bonds. The van der Waals surface area contributed by atoms with Gasteiger partial charge in [0.25, 0.3) is 6.47 Å². The van der Waals surface area contributed by atoms with E-state index in [2.05, 4.69) is 64.2 Å². The zero-order valence-corrected chi connectivity index (χ0v) is 12.4. The van der Waals surface area contributed by atoms with E-state index in [1.807, 2.05) is 0 Å². The number of carbonyl (C=O) groups excluding carboxylic acids is 1. The minimum atomic E-state index is 0.375. The Morgan fingerprint density at radius 2 is 1.67 bits per heavy atom. The first-order valence-electron chi connectivity index (χ1n) is 7.13. The van der Waals surface area contributed by atoms with Crippen molar-refractivity contribution in [1.82, 2.24) is 4.90 Å². The fraction of sp³-hybridized carbons (Fsp3) is 0.278. The van der Waals surface area contributed by atoms with Crippen molar-refractivity contribution in [3.05, 3.63) is 71.3 Å². The van der Waals surface area contributed by atoms with Gasteiger partial charge in [-0.25, -0.2) is 0 Å². The van der Waals surface area contributed by atoms with Crippen LogP contribution in [0.3, 0.4) is 0 Å². The Morgan fingerprint density at radius 3 is 2.33 bits per heavy atom. The number of hydrogen-bond donors (Lipinski definition) is 0. The summed E-state index contributed by atoms with van der Waals surface area (Å²) in [4.78, 5) is 11.5. The lowest BCUT2D eigenvalue weighted by atomic mass is 9.99. The van der Waals surface area contributed by atoms with Gasteiger partial charge >= 0.3 is 0 Å². The first kappa shape index (κ1) is 15.3. The smallest absolute Gasteiger partial charge is 0.292 e. The van der Waals surface area contributed by atoms with Crippen LogP contribution in [0, 0.1) is 0 Å². The van der Waals surface area contributed by atoms with Crippen molar-refractivity contribution in [1.29, 1.82) is 0 Å². The van der Waals surface area contributed by atoms with Crippen molar-refractivity contribution in [2.45, 2.75) is 19.5 Å². The predicted molar refractivity (Wildman–Crippen MR) is 83.8 cm³/mol. The van der Waals surface area contributed by atoms with Crippen LogP contribution in [0.2, 0.25) is 0 Å². The van der Waals surface area contributed by atoms with Gasteiger partial charge in [0.05, 0.1) is 7.11 Å². The molecule has 1 aliphatic heterocycles. The van der Waals surface area contributed by atoms with E-state index in [1.165, 1.54) is 36.8 Å². The molecule has 0 aliphatic carbocycles. The average Bonchev–Trinajstić information content (AvgIpc) is 2.56. The van der Waals surface area contributed by atoms with Gasteiger partial charge in [0.1, 0.15) is 0 Å². The number of carbonyl (C=O) groups is 1. The summed E-state index contributed by atoms with van der Waals surface area (Å²) >= 11 is 0. The molecule has 0 aromatic heterocycles. The molecule has 0 radical (unpaired) electrons. The maximum absolute atomic E-state index is 8.95. The molecule has 0 unspecified atom stereocenters. The number of ether oxygens (including phenoxy) is 1. The highest BCUT2D eigenvalue weighted by atomic mass is 16.5. The molecule has 110 valence electrons. The first-order chi connectivity index (χ1) is 10.3. The Bertz CT molecular complexity index is 554. The number of rotatable bonds is 3. The Hall–Kier alpha value is -2.13. The van der Waals surface area contributed by atoms with Crippen LogP contribution in [-0.4, -0.2) is 25.0 Å². The maximum Gasteiger partial charge on any atom is 0.292 e. The minimum Gasteiger partial charge on any atom is -0.471 e. The van der Waals surface area contributed by atoms with Crippen molar-refractivity contribution in [2.24, 2.45) is 0 Å². The number of nitrogens with zero attached hydrogens (tertiary/aromatic N) is 1. The average molecular weight is 283 g/mol. The third kappa shape index (κ3) is 4.72. The van der Waals surface area contributed by atoms with Crippen molar-refractivity contribution < 1.29 is 9.53 Å². The molecule has 0 fully saturated rings. The van der Waals surface area contributed by atoms with E-state index in [9.17, 15) is 0 Å². The van der Waals surface area contributed by atoms with Gasteiger partial charge in [-0.2, -0.15) is 0 Å². The van der Waals surface area contributed by atoms with Crippen LogP contribution in [0.1, 0.15) is 16.7 Å². The van der Waals surface area contributed by atoms with Crippen LogP contribution in [-0.2, 0) is 29.0 Å². The lowest BCUT2D eigenvalue weighted by Gasteiger charge is -2.28. The fourth-order valence-corrected chi connectivity index (χ4v) is 2.53. The number of hydrogen-bond acceptors (Lipinski definition) is 3. The second-order valence-corrected chi connectivity index (χ2v) is 5.05. The van der Waals surface area contributed by atoms with Crippen LogP contribution in [0.5, 0.6) is 0 Å². The molecule has 21 heavy (non-hydrogen) atoms. The van der Waals surface area contributed by atoms with Crippen LogP contribution < -0.4 is 0 Å². The molecule has 3 heteroatoms. The van der Waals surface area contributed by atoms with E-state index >= 15 is 0 Å². The van der Waals surface area contributed by atoms with Gasteiger partial charge in [-0.15, -0.1) is 0 Å². The van der Waals surface area contributed by atoms with Gasteiger partial charge in [-0.05, 0) is 23.1 Å². The van der Waals surface area contributed by atoms with Gasteiger partial charge in [0.15, 0.2) is 0 Å². The third-order valence-corrected chi connectivity index (χ3v) is 3.55. The SMILES string of the molecule is COC=O.c1ccc(CN2CCc3ccccc3C2)cc1. The Balaban J connectivity index is 0.000000361. The normalized spacial score (nSPS) is 13.6. The van der Waals surface area contributed by atoms with Crippen LogP contribution in [0.4, 0.5) is 0 Å². The summed E-state index contributed by atoms with van der Waals surface area (Å²) < 4.78 is 3.86. The molecule has 1 heterocycles. The molecule has 0 saturated heterocycles. The topological polar surface area (TPSA) is 29.5 Å².